The monoisotopic (exact) mass is 228 g/mol. The Bertz CT molecular complexity index is 191. The molecule has 1 aliphatic heterocycles. The zero-order valence-electron chi connectivity index (χ0n) is 10.3. The molecule has 0 unspecified atom stereocenters. The third-order valence-electron chi connectivity index (χ3n) is 2.75. The fraction of sp³-hybridized carbons (Fsp3) is 0.917. The molecule has 4 heteroatoms. The first-order valence-electron chi connectivity index (χ1n) is 6.41. The van der Waals surface area contributed by atoms with Crippen LogP contribution in [0.1, 0.15) is 32.6 Å². The normalized spacial score (nSPS) is 15.7. The molecule has 0 aromatic carbocycles. The summed E-state index contributed by atoms with van der Waals surface area (Å²) in [6, 6.07) is 0. The summed E-state index contributed by atoms with van der Waals surface area (Å²) in [6.07, 6.45) is 4.02. The molecule has 94 valence electrons. The SMILES string of the molecule is CCCOCCNCCC(=O)N1CCCC1. The smallest absolute Gasteiger partial charge is 0.223 e. The Morgan fingerprint density at radius 3 is 2.69 bits per heavy atom. The number of rotatable bonds is 8. The fourth-order valence-electron chi connectivity index (χ4n) is 1.84. The molecular weight excluding hydrogens is 204 g/mol. The minimum atomic E-state index is 0.291. The van der Waals surface area contributed by atoms with Crippen LogP contribution in [-0.2, 0) is 9.53 Å². The van der Waals surface area contributed by atoms with Crippen molar-refractivity contribution in [2.24, 2.45) is 0 Å². The second-order valence-electron chi connectivity index (χ2n) is 4.20. The quantitative estimate of drug-likeness (QED) is 0.631. The summed E-state index contributed by atoms with van der Waals surface area (Å²) in [7, 11) is 0. The molecule has 16 heavy (non-hydrogen) atoms. The van der Waals surface area contributed by atoms with Crippen molar-refractivity contribution in [1.82, 2.24) is 10.2 Å². The van der Waals surface area contributed by atoms with E-state index in [-0.39, 0.29) is 0 Å². The van der Waals surface area contributed by atoms with E-state index in [1.165, 1.54) is 12.8 Å². The van der Waals surface area contributed by atoms with E-state index in [4.69, 9.17) is 4.74 Å². The van der Waals surface area contributed by atoms with Gasteiger partial charge in [0.15, 0.2) is 0 Å². The van der Waals surface area contributed by atoms with Crippen molar-refractivity contribution >= 4 is 5.91 Å². The van der Waals surface area contributed by atoms with E-state index in [2.05, 4.69) is 12.2 Å². The van der Waals surface area contributed by atoms with Gasteiger partial charge in [-0.05, 0) is 19.3 Å². The van der Waals surface area contributed by atoms with Gasteiger partial charge in [0.2, 0.25) is 5.91 Å². The molecule has 0 radical (unpaired) electrons. The third-order valence-corrected chi connectivity index (χ3v) is 2.75. The van der Waals surface area contributed by atoms with Gasteiger partial charge in [-0.1, -0.05) is 6.92 Å². The van der Waals surface area contributed by atoms with Crippen molar-refractivity contribution in [3.05, 3.63) is 0 Å². The number of likely N-dealkylation sites (tertiary alicyclic amines) is 1. The molecule has 1 rings (SSSR count). The van der Waals surface area contributed by atoms with Gasteiger partial charge in [-0.2, -0.15) is 0 Å². The number of nitrogens with one attached hydrogen (secondary N) is 1. The molecule has 0 saturated carbocycles. The van der Waals surface area contributed by atoms with Crippen molar-refractivity contribution in [2.45, 2.75) is 32.6 Å². The Labute approximate surface area is 98.3 Å². The van der Waals surface area contributed by atoms with Gasteiger partial charge in [0.1, 0.15) is 0 Å². The van der Waals surface area contributed by atoms with E-state index in [1.807, 2.05) is 4.90 Å². The number of nitrogens with zero attached hydrogens (tertiary/aromatic N) is 1. The lowest BCUT2D eigenvalue weighted by atomic mass is 10.3. The van der Waals surface area contributed by atoms with Gasteiger partial charge in [0, 0.05) is 39.2 Å². The van der Waals surface area contributed by atoms with Crippen molar-refractivity contribution in [3.63, 3.8) is 0 Å². The molecule has 1 aliphatic rings. The lowest BCUT2D eigenvalue weighted by Gasteiger charge is -2.15. The Kier molecular flexibility index (Phi) is 7.17. The summed E-state index contributed by atoms with van der Waals surface area (Å²) in [5.41, 5.74) is 0. The van der Waals surface area contributed by atoms with E-state index in [0.717, 1.165) is 45.8 Å². The van der Waals surface area contributed by atoms with Crippen LogP contribution in [0, 0.1) is 0 Å². The zero-order chi connectivity index (χ0) is 11.6. The van der Waals surface area contributed by atoms with Crippen LogP contribution in [-0.4, -0.2) is 50.2 Å². The molecule has 1 fully saturated rings. The first-order valence-corrected chi connectivity index (χ1v) is 6.41. The molecule has 0 atom stereocenters. The third kappa shape index (κ3) is 5.47. The highest BCUT2D eigenvalue weighted by molar-refractivity contribution is 5.76. The Morgan fingerprint density at radius 1 is 1.25 bits per heavy atom. The molecule has 0 spiro atoms. The molecular formula is C12H24N2O2. The average molecular weight is 228 g/mol. The molecule has 1 saturated heterocycles. The summed E-state index contributed by atoms with van der Waals surface area (Å²) < 4.78 is 5.33. The van der Waals surface area contributed by atoms with Crippen LogP contribution in [0.25, 0.3) is 0 Å². The minimum Gasteiger partial charge on any atom is -0.380 e. The maximum atomic E-state index is 11.6. The average Bonchev–Trinajstić information content (AvgIpc) is 2.81. The first-order chi connectivity index (χ1) is 7.84. The van der Waals surface area contributed by atoms with Crippen molar-refractivity contribution < 1.29 is 9.53 Å². The lowest BCUT2D eigenvalue weighted by Crippen LogP contribution is -2.31. The maximum absolute atomic E-state index is 11.6. The lowest BCUT2D eigenvalue weighted by molar-refractivity contribution is -0.130. The van der Waals surface area contributed by atoms with Crippen LogP contribution in [0.2, 0.25) is 0 Å². The molecule has 1 amide bonds. The highest BCUT2D eigenvalue weighted by atomic mass is 16.5. The summed E-state index contributed by atoms with van der Waals surface area (Å²) >= 11 is 0. The fourth-order valence-corrected chi connectivity index (χ4v) is 1.84. The van der Waals surface area contributed by atoms with Gasteiger partial charge in [0.25, 0.3) is 0 Å². The van der Waals surface area contributed by atoms with Crippen LogP contribution >= 0.6 is 0 Å². The number of amides is 1. The summed E-state index contributed by atoms with van der Waals surface area (Å²) in [6.45, 7) is 7.19. The topological polar surface area (TPSA) is 41.6 Å². The van der Waals surface area contributed by atoms with Crippen LogP contribution < -0.4 is 5.32 Å². The van der Waals surface area contributed by atoms with Gasteiger partial charge in [-0.25, -0.2) is 0 Å². The Morgan fingerprint density at radius 2 is 2.00 bits per heavy atom. The summed E-state index contributed by atoms with van der Waals surface area (Å²) in [5.74, 6) is 0.291. The number of ether oxygens (including phenoxy) is 1. The maximum Gasteiger partial charge on any atom is 0.223 e. The highest BCUT2D eigenvalue weighted by Gasteiger charge is 2.16. The predicted molar refractivity (Wildman–Crippen MR) is 64.4 cm³/mol. The van der Waals surface area contributed by atoms with Crippen molar-refractivity contribution in [2.75, 3.05) is 39.4 Å². The van der Waals surface area contributed by atoms with E-state index in [1.54, 1.807) is 0 Å². The van der Waals surface area contributed by atoms with E-state index < -0.39 is 0 Å². The van der Waals surface area contributed by atoms with Gasteiger partial charge >= 0.3 is 0 Å². The van der Waals surface area contributed by atoms with Crippen molar-refractivity contribution in [1.29, 1.82) is 0 Å². The minimum absolute atomic E-state index is 0.291. The number of carbonyl (C=O) groups is 1. The van der Waals surface area contributed by atoms with Gasteiger partial charge < -0.3 is 15.0 Å². The predicted octanol–water partition coefficient (Wildman–Crippen LogP) is 1.02. The first kappa shape index (κ1) is 13.5. The van der Waals surface area contributed by atoms with E-state index in [9.17, 15) is 4.79 Å². The van der Waals surface area contributed by atoms with Crippen LogP contribution in [0.4, 0.5) is 0 Å². The number of carbonyl (C=O) groups excluding carboxylic acids is 1. The van der Waals surface area contributed by atoms with Gasteiger partial charge in [-0.15, -0.1) is 0 Å². The standard InChI is InChI=1S/C12H24N2O2/c1-2-10-16-11-7-13-6-5-12(15)14-8-3-4-9-14/h13H,2-11H2,1H3. The van der Waals surface area contributed by atoms with Crippen LogP contribution in [0.3, 0.4) is 0 Å². The number of hydrogen-bond donors (Lipinski definition) is 1. The summed E-state index contributed by atoms with van der Waals surface area (Å²) in [4.78, 5) is 13.6. The van der Waals surface area contributed by atoms with E-state index in [0.29, 0.717) is 12.3 Å². The molecule has 0 aliphatic carbocycles. The molecule has 4 nitrogen and oxygen atoms in total. The second-order valence-corrected chi connectivity index (χ2v) is 4.20. The van der Waals surface area contributed by atoms with E-state index >= 15 is 0 Å². The van der Waals surface area contributed by atoms with Crippen molar-refractivity contribution in [3.8, 4) is 0 Å². The second kappa shape index (κ2) is 8.53. The molecule has 1 N–H and O–H groups in total. The number of hydrogen-bond acceptors (Lipinski definition) is 3. The summed E-state index contributed by atoms with van der Waals surface area (Å²) in [5, 5.41) is 3.23. The van der Waals surface area contributed by atoms with Gasteiger partial charge in [0.05, 0.1) is 6.61 Å². The zero-order valence-corrected chi connectivity index (χ0v) is 10.3. The Hall–Kier alpha value is -0.610. The molecule has 0 bridgehead atoms. The highest BCUT2D eigenvalue weighted by Crippen LogP contribution is 2.08. The van der Waals surface area contributed by atoms with Crippen LogP contribution in [0.15, 0.2) is 0 Å². The largest absolute Gasteiger partial charge is 0.380 e. The van der Waals surface area contributed by atoms with Crippen LogP contribution in [0.5, 0.6) is 0 Å². The molecule has 0 aromatic rings. The molecule has 1 heterocycles. The molecule has 0 aromatic heterocycles. The Balaban J connectivity index is 1.88. The van der Waals surface area contributed by atoms with Gasteiger partial charge in [-0.3, -0.25) is 4.79 Å².